The Balaban J connectivity index is 2.66. The molecule has 0 radical (unpaired) electrons. The van der Waals surface area contributed by atoms with E-state index in [1.807, 2.05) is 0 Å². The van der Waals surface area contributed by atoms with Crippen LogP contribution in [0.25, 0.3) is 0 Å². The van der Waals surface area contributed by atoms with Crippen molar-refractivity contribution in [2.75, 3.05) is 20.7 Å². The van der Waals surface area contributed by atoms with Crippen molar-refractivity contribution < 1.29 is 13.9 Å². The van der Waals surface area contributed by atoms with Gasteiger partial charge in [-0.1, -0.05) is 23.7 Å². The number of carbonyl (C=O) groups excluding carboxylic acids is 1. The normalized spacial score (nSPS) is 10.6. The molecule has 0 heterocycles. The van der Waals surface area contributed by atoms with Crippen molar-refractivity contribution in [1.29, 1.82) is 0 Å². The minimum absolute atomic E-state index is 0.0965. The van der Waals surface area contributed by atoms with Crippen LogP contribution in [0.2, 0.25) is 5.02 Å². The Kier molecular flexibility index (Phi) is 4.71. The van der Waals surface area contributed by atoms with Gasteiger partial charge in [-0.2, -0.15) is 0 Å². The van der Waals surface area contributed by atoms with E-state index >= 15 is 0 Å². The molecule has 3 nitrogen and oxygen atoms in total. The predicted octanol–water partition coefficient (Wildman–Crippen LogP) is 2.08. The summed E-state index contributed by atoms with van der Waals surface area (Å²) >= 11 is 5.79. The van der Waals surface area contributed by atoms with Crippen LogP contribution in [0.4, 0.5) is 4.39 Å². The SMILES string of the molecule is COC(=O)CN(C)Cc1cccc(F)c1Cl. The zero-order chi connectivity index (χ0) is 12.1. The smallest absolute Gasteiger partial charge is 0.319 e. The van der Waals surface area contributed by atoms with Gasteiger partial charge in [0.2, 0.25) is 0 Å². The van der Waals surface area contributed by atoms with Gasteiger partial charge in [0, 0.05) is 6.54 Å². The number of nitrogens with zero attached hydrogens (tertiary/aromatic N) is 1. The molecule has 0 spiro atoms. The highest BCUT2D eigenvalue weighted by molar-refractivity contribution is 6.31. The second kappa shape index (κ2) is 5.82. The molecular weight excluding hydrogens is 233 g/mol. The van der Waals surface area contributed by atoms with Gasteiger partial charge < -0.3 is 4.74 Å². The van der Waals surface area contributed by atoms with Crippen LogP contribution in [0.1, 0.15) is 5.56 Å². The molecule has 1 aromatic rings. The van der Waals surface area contributed by atoms with Gasteiger partial charge >= 0.3 is 5.97 Å². The van der Waals surface area contributed by atoms with E-state index < -0.39 is 5.82 Å². The number of hydrogen-bond donors (Lipinski definition) is 0. The molecule has 0 fully saturated rings. The van der Waals surface area contributed by atoms with E-state index in [0.29, 0.717) is 12.1 Å². The van der Waals surface area contributed by atoms with Gasteiger partial charge in [0.15, 0.2) is 0 Å². The molecule has 5 heteroatoms. The van der Waals surface area contributed by atoms with Crippen LogP contribution in [0.5, 0.6) is 0 Å². The molecule has 0 amide bonds. The van der Waals surface area contributed by atoms with E-state index in [4.69, 9.17) is 11.6 Å². The van der Waals surface area contributed by atoms with Crippen molar-refractivity contribution >= 4 is 17.6 Å². The summed E-state index contributed by atoms with van der Waals surface area (Å²) in [6, 6.07) is 4.61. The molecule has 0 unspecified atom stereocenters. The van der Waals surface area contributed by atoms with Crippen molar-refractivity contribution in [3.8, 4) is 0 Å². The minimum atomic E-state index is -0.453. The summed E-state index contributed by atoms with van der Waals surface area (Å²) in [7, 11) is 3.06. The Morgan fingerprint density at radius 3 is 2.88 bits per heavy atom. The Morgan fingerprint density at radius 2 is 2.25 bits per heavy atom. The molecule has 0 N–H and O–H groups in total. The van der Waals surface area contributed by atoms with Crippen molar-refractivity contribution in [2.24, 2.45) is 0 Å². The molecule has 0 aliphatic heterocycles. The Bertz CT molecular complexity index is 384. The van der Waals surface area contributed by atoms with Crippen LogP contribution >= 0.6 is 11.6 Å². The van der Waals surface area contributed by atoms with Crippen molar-refractivity contribution in [1.82, 2.24) is 4.90 Å². The minimum Gasteiger partial charge on any atom is -0.468 e. The average molecular weight is 246 g/mol. The van der Waals surface area contributed by atoms with Crippen LogP contribution in [-0.2, 0) is 16.1 Å². The molecule has 1 rings (SSSR count). The van der Waals surface area contributed by atoms with Crippen LogP contribution in [0, 0.1) is 5.82 Å². The summed E-state index contributed by atoms with van der Waals surface area (Å²) in [5.41, 5.74) is 0.646. The molecule has 0 bridgehead atoms. The van der Waals surface area contributed by atoms with Gasteiger partial charge in [0.05, 0.1) is 18.7 Å². The van der Waals surface area contributed by atoms with Crippen molar-refractivity contribution in [2.45, 2.75) is 6.54 Å². The van der Waals surface area contributed by atoms with Gasteiger partial charge in [0.1, 0.15) is 5.82 Å². The number of esters is 1. The summed E-state index contributed by atoms with van der Waals surface area (Å²) < 4.78 is 17.6. The molecule has 16 heavy (non-hydrogen) atoms. The third-order valence-corrected chi connectivity index (χ3v) is 2.52. The lowest BCUT2D eigenvalue weighted by Crippen LogP contribution is -2.26. The van der Waals surface area contributed by atoms with Crippen molar-refractivity contribution in [3.63, 3.8) is 0 Å². The second-order valence-corrected chi connectivity index (χ2v) is 3.84. The predicted molar refractivity (Wildman–Crippen MR) is 59.8 cm³/mol. The first-order chi connectivity index (χ1) is 7.54. The summed E-state index contributed by atoms with van der Waals surface area (Å²) in [6.07, 6.45) is 0. The molecular formula is C11H13ClFNO2. The summed E-state index contributed by atoms with van der Waals surface area (Å²) in [5.74, 6) is -0.791. The highest BCUT2D eigenvalue weighted by atomic mass is 35.5. The highest BCUT2D eigenvalue weighted by Gasteiger charge is 2.10. The van der Waals surface area contributed by atoms with E-state index in [1.165, 1.54) is 13.2 Å². The standard InChI is InChI=1S/C11H13ClFNO2/c1-14(7-10(15)16-2)6-8-4-3-5-9(13)11(8)12/h3-5H,6-7H2,1-2H3. The molecule has 0 aliphatic rings. The largest absolute Gasteiger partial charge is 0.468 e. The zero-order valence-electron chi connectivity index (χ0n) is 9.17. The fraction of sp³-hybridized carbons (Fsp3) is 0.364. The highest BCUT2D eigenvalue weighted by Crippen LogP contribution is 2.20. The topological polar surface area (TPSA) is 29.5 Å². The van der Waals surface area contributed by atoms with E-state index in [9.17, 15) is 9.18 Å². The van der Waals surface area contributed by atoms with Gasteiger partial charge in [0.25, 0.3) is 0 Å². The van der Waals surface area contributed by atoms with E-state index in [0.717, 1.165) is 0 Å². The molecule has 0 aromatic heterocycles. The number of carbonyl (C=O) groups is 1. The molecule has 1 aromatic carbocycles. The van der Waals surface area contributed by atoms with Crippen molar-refractivity contribution in [3.05, 3.63) is 34.6 Å². The lowest BCUT2D eigenvalue weighted by molar-refractivity contribution is -0.141. The summed E-state index contributed by atoms with van der Waals surface area (Å²) in [4.78, 5) is 12.7. The maximum atomic E-state index is 13.1. The van der Waals surface area contributed by atoms with E-state index in [-0.39, 0.29) is 17.5 Å². The molecule has 0 aliphatic carbocycles. The lowest BCUT2D eigenvalue weighted by Gasteiger charge is -2.15. The van der Waals surface area contributed by atoms with Crippen LogP contribution in [-0.4, -0.2) is 31.6 Å². The zero-order valence-corrected chi connectivity index (χ0v) is 9.92. The quantitative estimate of drug-likeness (QED) is 0.761. The second-order valence-electron chi connectivity index (χ2n) is 3.46. The Morgan fingerprint density at radius 1 is 1.56 bits per heavy atom. The number of methoxy groups -OCH3 is 1. The maximum Gasteiger partial charge on any atom is 0.319 e. The summed E-state index contributed by atoms with van der Waals surface area (Å²) in [5, 5.41) is 0.0965. The molecule has 0 atom stereocenters. The first kappa shape index (κ1) is 12.9. The van der Waals surface area contributed by atoms with Gasteiger partial charge in [-0.25, -0.2) is 4.39 Å². The molecule has 88 valence electrons. The fourth-order valence-corrected chi connectivity index (χ4v) is 1.49. The van der Waals surface area contributed by atoms with E-state index in [1.54, 1.807) is 24.1 Å². The number of rotatable bonds is 4. The number of ether oxygens (including phenoxy) is 1. The van der Waals surface area contributed by atoms with Gasteiger partial charge in [-0.3, -0.25) is 9.69 Å². The molecule has 0 saturated carbocycles. The third-order valence-electron chi connectivity index (χ3n) is 2.10. The van der Waals surface area contributed by atoms with Gasteiger partial charge in [-0.15, -0.1) is 0 Å². The van der Waals surface area contributed by atoms with Crippen LogP contribution in [0.15, 0.2) is 18.2 Å². The Labute approximate surface area is 98.8 Å². The van der Waals surface area contributed by atoms with Crippen LogP contribution < -0.4 is 0 Å². The number of likely N-dealkylation sites (N-methyl/N-ethyl adjacent to an activating group) is 1. The first-order valence-corrected chi connectivity index (χ1v) is 5.10. The lowest BCUT2D eigenvalue weighted by atomic mass is 10.2. The number of halogens is 2. The number of hydrogen-bond acceptors (Lipinski definition) is 3. The first-order valence-electron chi connectivity index (χ1n) is 4.73. The van der Waals surface area contributed by atoms with E-state index in [2.05, 4.69) is 4.74 Å². The number of benzene rings is 1. The monoisotopic (exact) mass is 245 g/mol. The third kappa shape index (κ3) is 3.47. The summed E-state index contributed by atoms with van der Waals surface area (Å²) in [6.45, 7) is 0.537. The Hall–Kier alpha value is -1.13. The van der Waals surface area contributed by atoms with Gasteiger partial charge in [-0.05, 0) is 18.7 Å². The maximum absolute atomic E-state index is 13.1. The molecule has 0 saturated heterocycles. The fourth-order valence-electron chi connectivity index (χ4n) is 1.30. The van der Waals surface area contributed by atoms with Crippen LogP contribution in [0.3, 0.4) is 0 Å². The average Bonchev–Trinajstić information content (AvgIpc) is 2.24.